The van der Waals surface area contributed by atoms with E-state index in [9.17, 15) is 14.9 Å². The molecule has 180 valence electrons. The summed E-state index contributed by atoms with van der Waals surface area (Å²) in [7, 11) is 0. The second kappa shape index (κ2) is 8.42. The molecule has 1 atom stereocenters. The number of pyridine rings is 1. The highest BCUT2D eigenvalue weighted by atomic mass is 16.6. The molecule has 5 rings (SSSR count). The molecule has 0 fully saturated rings. The third kappa shape index (κ3) is 3.88. The van der Waals surface area contributed by atoms with E-state index in [-0.39, 0.29) is 17.1 Å². The predicted molar refractivity (Wildman–Crippen MR) is 131 cm³/mol. The van der Waals surface area contributed by atoms with Gasteiger partial charge >= 0.3 is 11.8 Å². The molecule has 11 heteroatoms. The number of hydrogen-bond donors (Lipinski definition) is 0. The van der Waals surface area contributed by atoms with Crippen molar-refractivity contribution in [2.24, 2.45) is 0 Å². The van der Waals surface area contributed by atoms with Crippen LogP contribution in [0.2, 0.25) is 0 Å². The number of hydrogen-bond acceptors (Lipinski definition) is 8. The minimum absolute atomic E-state index is 0.205. The lowest BCUT2D eigenvalue weighted by molar-refractivity contribution is 0.0537. The molecule has 0 unspecified atom stereocenters. The molecule has 11 nitrogen and oxygen atoms in total. The molecule has 0 aliphatic rings. The number of fused-ring (bicyclic) bond motifs is 2. The highest BCUT2D eigenvalue weighted by Crippen LogP contribution is 2.24. The molecule has 0 bridgehead atoms. The van der Waals surface area contributed by atoms with Crippen LogP contribution in [0.15, 0.2) is 60.0 Å². The van der Waals surface area contributed by atoms with Crippen LogP contribution in [0.4, 0.5) is 4.79 Å². The Morgan fingerprint density at radius 2 is 1.94 bits per heavy atom. The Hall–Kier alpha value is -4.85. The highest BCUT2D eigenvalue weighted by Gasteiger charge is 2.28. The van der Waals surface area contributed by atoms with Crippen molar-refractivity contribution in [3.05, 3.63) is 76.9 Å². The van der Waals surface area contributed by atoms with Crippen molar-refractivity contribution in [1.29, 1.82) is 5.26 Å². The summed E-state index contributed by atoms with van der Waals surface area (Å²) in [6, 6.07) is 10.3. The number of ether oxygens (including phenoxy) is 1. The first-order chi connectivity index (χ1) is 17.2. The maximum atomic E-state index is 13.6. The van der Waals surface area contributed by atoms with E-state index >= 15 is 0 Å². The Balaban J connectivity index is 1.76. The monoisotopic (exact) mass is 482 g/mol. The van der Waals surface area contributed by atoms with E-state index in [0.717, 1.165) is 10.1 Å². The maximum absolute atomic E-state index is 13.6. The molecule has 5 aromatic rings. The summed E-state index contributed by atoms with van der Waals surface area (Å²) < 4.78 is 9.48. The molecule has 4 heterocycles. The average Bonchev–Trinajstić information content (AvgIpc) is 3.40. The molecule has 0 radical (unpaired) electrons. The van der Waals surface area contributed by atoms with Gasteiger partial charge in [0.25, 0.3) is 0 Å². The summed E-state index contributed by atoms with van der Waals surface area (Å²) in [5.41, 5.74) is 1.54. The summed E-state index contributed by atoms with van der Waals surface area (Å²) >= 11 is 0. The SMILES string of the molecule is C[C@H](c1cccnc1)n1c(=O)n(C(=O)OC(C)(C)C)c2cnc(-n3cnc4ccc(C#N)cc43)nc21. The van der Waals surface area contributed by atoms with Gasteiger partial charge in [-0.05, 0) is 57.5 Å². The Labute approximate surface area is 205 Å². The van der Waals surface area contributed by atoms with Crippen LogP contribution in [0.1, 0.15) is 44.9 Å². The third-order valence-corrected chi connectivity index (χ3v) is 5.63. The molecule has 0 aliphatic carbocycles. The number of carbonyl (C=O) groups is 1. The number of nitrogens with zero attached hydrogens (tertiary/aromatic N) is 8. The number of nitriles is 1. The Morgan fingerprint density at radius 1 is 1.14 bits per heavy atom. The molecular formula is C25H22N8O3. The van der Waals surface area contributed by atoms with E-state index in [0.29, 0.717) is 16.6 Å². The maximum Gasteiger partial charge on any atom is 0.423 e. The summed E-state index contributed by atoms with van der Waals surface area (Å²) in [4.78, 5) is 44.3. The highest BCUT2D eigenvalue weighted by molar-refractivity contribution is 5.85. The smallest absolute Gasteiger partial charge is 0.423 e. The van der Waals surface area contributed by atoms with E-state index in [1.165, 1.54) is 10.8 Å². The summed E-state index contributed by atoms with van der Waals surface area (Å²) in [6.07, 6.45) is 5.43. The predicted octanol–water partition coefficient (Wildman–Crippen LogP) is 3.59. The summed E-state index contributed by atoms with van der Waals surface area (Å²) in [5.74, 6) is 0.230. The lowest BCUT2D eigenvalue weighted by atomic mass is 10.1. The first kappa shape index (κ1) is 22.9. The quantitative estimate of drug-likeness (QED) is 0.381. The van der Waals surface area contributed by atoms with Crippen LogP contribution in [-0.4, -0.2) is 45.3 Å². The van der Waals surface area contributed by atoms with Gasteiger partial charge in [0.05, 0.1) is 34.9 Å². The van der Waals surface area contributed by atoms with Crippen molar-refractivity contribution >= 4 is 28.3 Å². The van der Waals surface area contributed by atoms with Crippen LogP contribution in [0.25, 0.3) is 28.1 Å². The molecule has 0 N–H and O–H groups in total. The van der Waals surface area contributed by atoms with Crippen LogP contribution in [0.3, 0.4) is 0 Å². The second-order valence-electron chi connectivity index (χ2n) is 9.24. The molecular weight excluding hydrogens is 460 g/mol. The fraction of sp³-hybridized carbons (Fsp3) is 0.240. The number of rotatable bonds is 3. The van der Waals surface area contributed by atoms with Gasteiger partial charge in [0.1, 0.15) is 17.4 Å². The van der Waals surface area contributed by atoms with E-state index < -0.39 is 23.4 Å². The third-order valence-electron chi connectivity index (χ3n) is 5.63. The fourth-order valence-electron chi connectivity index (χ4n) is 3.95. The molecule has 0 aliphatic heterocycles. The van der Waals surface area contributed by atoms with E-state index in [1.54, 1.807) is 68.3 Å². The van der Waals surface area contributed by atoms with Crippen LogP contribution in [0, 0.1) is 11.3 Å². The van der Waals surface area contributed by atoms with Gasteiger partial charge in [0, 0.05) is 12.4 Å². The van der Waals surface area contributed by atoms with Crippen molar-refractivity contribution in [3.63, 3.8) is 0 Å². The molecule has 0 saturated heterocycles. The number of carbonyl (C=O) groups excluding carboxylic acids is 1. The molecule has 0 spiro atoms. The Bertz CT molecular complexity index is 1720. The summed E-state index contributed by atoms with van der Waals surface area (Å²) in [5, 5.41) is 9.31. The van der Waals surface area contributed by atoms with Crippen molar-refractivity contribution in [3.8, 4) is 12.0 Å². The normalized spacial score (nSPS) is 12.5. The minimum atomic E-state index is -0.822. The lowest BCUT2D eigenvalue weighted by Crippen LogP contribution is -2.35. The minimum Gasteiger partial charge on any atom is -0.443 e. The molecule has 4 aromatic heterocycles. The van der Waals surface area contributed by atoms with E-state index in [2.05, 4.69) is 26.0 Å². The van der Waals surface area contributed by atoms with Gasteiger partial charge in [-0.2, -0.15) is 14.8 Å². The molecule has 1 aromatic carbocycles. The van der Waals surface area contributed by atoms with Gasteiger partial charge in [-0.1, -0.05) is 6.07 Å². The van der Waals surface area contributed by atoms with Crippen LogP contribution in [-0.2, 0) is 4.74 Å². The van der Waals surface area contributed by atoms with E-state index in [1.807, 2.05) is 13.0 Å². The van der Waals surface area contributed by atoms with Gasteiger partial charge in [-0.25, -0.2) is 19.6 Å². The molecule has 0 saturated carbocycles. The van der Waals surface area contributed by atoms with Gasteiger partial charge in [-0.15, -0.1) is 0 Å². The van der Waals surface area contributed by atoms with Crippen molar-refractivity contribution in [2.45, 2.75) is 39.3 Å². The van der Waals surface area contributed by atoms with Gasteiger partial charge < -0.3 is 4.74 Å². The zero-order valence-electron chi connectivity index (χ0n) is 20.1. The molecule has 0 amide bonds. The second-order valence-corrected chi connectivity index (χ2v) is 9.24. The van der Waals surface area contributed by atoms with Crippen molar-refractivity contribution in [2.75, 3.05) is 0 Å². The van der Waals surface area contributed by atoms with Crippen molar-refractivity contribution < 1.29 is 9.53 Å². The van der Waals surface area contributed by atoms with Gasteiger partial charge in [-0.3, -0.25) is 14.1 Å². The standard InChI is InChI=1S/C25H22N8O3/c1-15(17-6-5-9-27-12-17)32-21-20(33(23(32)34)24(35)36-25(2,3)4)13-28-22(30-21)31-14-29-18-8-7-16(11-26)10-19(18)31/h5-10,12-15H,1-4H3/t15-/m1/s1. The Kier molecular flexibility index (Phi) is 5.36. The fourth-order valence-corrected chi connectivity index (χ4v) is 3.95. The van der Waals surface area contributed by atoms with Crippen LogP contribution < -0.4 is 5.69 Å². The first-order valence-electron chi connectivity index (χ1n) is 11.2. The topological polar surface area (TPSA) is 134 Å². The number of aromatic nitrogens is 7. The first-order valence-corrected chi connectivity index (χ1v) is 11.2. The van der Waals surface area contributed by atoms with Crippen molar-refractivity contribution in [1.82, 2.24) is 33.6 Å². The average molecular weight is 483 g/mol. The van der Waals surface area contributed by atoms with Crippen LogP contribution in [0.5, 0.6) is 0 Å². The largest absolute Gasteiger partial charge is 0.443 e. The van der Waals surface area contributed by atoms with E-state index in [4.69, 9.17) is 4.74 Å². The molecule has 36 heavy (non-hydrogen) atoms. The van der Waals surface area contributed by atoms with Gasteiger partial charge in [0.15, 0.2) is 5.65 Å². The zero-order valence-corrected chi connectivity index (χ0v) is 20.1. The Morgan fingerprint density at radius 3 is 2.64 bits per heavy atom. The lowest BCUT2D eigenvalue weighted by Gasteiger charge is -2.19. The summed E-state index contributed by atoms with van der Waals surface area (Å²) in [6.45, 7) is 7.00. The van der Waals surface area contributed by atoms with Gasteiger partial charge in [0.2, 0.25) is 5.95 Å². The number of imidazole rings is 2. The zero-order chi connectivity index (χ0) is 25.6. The van der Waals surface area contributed by atoms with Crippen LogP contribution >= 0.6 is 0 Å². The number of benzene rings is 1.